The van der Waals surface area contributed by atoms with Crippen LogP contribution in [0.15, 0.2) is 36.4 Å². The van der Waals surface area contributed by atoms with Gasteiger partial charge in [0, 0.05) is 11.8 Å². The summed E-state index contributed by atoms with van der Waals surface area (Å²) >= 11 is 0. The molecule has 0 heterocycles. The number of amides is 1. The van der Waals surface area contributed by atoms with Gasteiger partial charge in [-0.15, -0.1) is 0 Å². The highest BCUT2D eigenvalue weighted by Gasteiger charge is 2.10. The SMILES string of the molecule is COc1ccc(NC(=O)COc2ccc(C)cc2OC)cc1OC. The summed E-state index contributed by atoms with van der Waals surface area (Å²) < 4.78 is 21.1. The molecule has 1 amide bonds. The average Bonchev–Trinajstić information content (AvgIpc) is 2.60. The highest BCUT2D eigenvalue weighted by atomic mass is 16.5. The third-order valence-electron chi connectivity index (χ3n) is 3.35. The van der Waals surface area contributed by atoms with Crippen molar-refractivity contribution in [2.75, 3.05) is 33.3 Å². The van der Waals surface area contributed by atoms with Gasteiger partial charge in [-0.25, -0.2) is 0 Å². The van der Waals surface area contributed by atoms with Crippen molar-refractivity contribution in [3.63, 3.8) is 0 Å². The summed E-state index contributed by atoms with van der Waals surface area (Å²) in [5.41, 5.74) is 1.64. The van der Waals surface area contributed by atoms with Crippen LogP contribution >= 0.6 is 0 Å². The second kappa shape index (κ2) is 8.10. The summed E-state index contributed by atoms with van der Waals surface area (Å²) in [4.78, 5) is 12.1. The number of ether oxygens (including phenoxy) is 4. The molecule has 0 atom stereocenters. The van der Waals surface area contributed by atoms with E-state index in [-0.39, 0.29) is 12.5 Å². The molecule has 0 aliphatic heterocycles. The largest absolute Gasteiger partial charge is 0.493 e. The Balaban J connectivity index is 1.99. The maximum absolute atomic E-state index is 12.1. The predicted octanol–water partition coefficient (Wildman–Crippen LogP) is 3.04. The van der Waals surface area contributed by atoms with Crippen molar-refractivity contribution >= 4 is 11.6 Å². The van der Waals surface area contributed by atoms with E-state index in [1.807, 2.05) is 19.1 Å². The third kappa shape index (κ3) is 4.32. The second-order valence-corrected chi connectivity index (χ2v) is 5.06. The summed E-state index contributed by atoms with van der Waals surface area (Å²) in [6, 6.07) is 10.6. The molecule has 0 unspecified atom stereocenters. The van der Waals surface area contributed by atoms with Crippen LogP contribution in [0, 0.1) is 6.92 Å². The van der Waals surface area contributed by atoms with Gasteiger partial charge >= 0.3 is 0 Å². The fraction of sp³-hybridized carbons (Fsp3) is 0.278. The molecule has 128 valence electrons. The van der Waals surface area contributed by atoms with Gasteiger partial charge in [-0.3, -0.25) is 4.79 Å². The van der Waals surface area contributed by atoms with E-state index in [0.29, 0.717) is 28.7 Å². The molecular weight excluding hydrogens is 310 g/mol. The maximum Gasteiger partial charge on any atom is 0.262 e. The quantitative estimate of drug-likeness (QED) is 0.845. The first kappa shape index (κ1) is 17.5. The van der Waals surface area contributed by atoms with E-state index in [9.17, 15) is 4.79 Å². The van der Waals surface area contributed by atoms with E-state index in [2.05, 4.69) is 5.32 Å². The van der Waals surface area contributed by atoms with Crippen LogP contribution in [0.3, 0.4) is 0 Å². The molecule has 0 saturated carbocycles. The Kier molecular flexibility index (Phi) is 5.89. The fourth-order valence-corrected chi connectivity index (χ4v) is 2.15. The Labute approximate surface area is 141 Å². The number of anilines is 1. The van der Waals surface area contributed by atoms with E-state index in [4.69, 9.17) is 18.9 Å². The number of nitrogens with one attached hydrogen (secondary N) is 1. The number of carbonyl (C=O) groups excluding carboxylic acids is 1. The average molecular weight is 331 g/mol. The minimum Gasteiger partial charge on any atom is -0.493 e. The molecule has 0 aromatic heterocycles. The van der Waals surface area contributed by atoms with E-state index in [1.165, 1.54) is 7.11 Å². The van der Waals surface area contributed by atoms with Crippen LogP contribution in [0.25, 0.3) is 0 Å². The van der Waals surface area contributed by atoms with Crippen LogP contribution in [0.5, 0.6) is 23.0 Å². The third-order valence-corrected chi connectivity index (χ3v) is 3.35. The zero-order valence-electron chi connectivity index (χ0n) is 14.2. The van der Waals surface area contributed by atoms with Crippen LogP contribution in [-0.4, -0.2) is 33.8 Å². The van der Waals surface area contributed by atoms with Gasteiger partial charge in [0.1, 0.15) is 0 Å². The van der Waals surface area contributed by atoms with Crippen LogP contribution in [-0.2, 0) is 4.79 Å². The van der Waals surface area contributed by atoms with Crippen LogP contribution < -0.4 is 24.3 Å². The summed E-state index contributed by atoms with van der Waals surface area (Å²) in [6.45, 7) is 1.82. The second-order valence-electron chi connectivity index (χ2n) is 5.06. The number of aryl methyl sites for hydroxylation is 1. The lowest BCUT2D eigenvalue weighted by Crippen LogP contribution is -2.20. The molecule has 2 rings (SSSR count). The first-order chi connectivity index (χ1) is 11.6. The van der Waals surface area contributed by atoms with Gasteiger partial charge in [0.05, 0.1) is 21.3 Å². The highest BCUT2D eigenvalue weighted by Crippen LogP contribution is 2.30. The molecule has 0 saturated heterocycles. The Bertz CT molecular complexity index is 715. The van der Waals surface area contributed by atoms with E-state index in [0.717, 1.165) is 5.56 Å². The summed E-state index contributed by atoms with van der Waals surface area (Å²) in [5, 5.41) is 2.75. The molecule has 1 N–H and O–H groups in total. The van der Waals surface area contributed by atoms with Gasteiger partial charge in [0.2, 0.25) is 0 Å². The lowest BCUT2D eigenvalue weighted by atomic mass is 10.2. The lowest BCUT2D eigenvalue weighted by Gasteiger charge is -2.12. The monoisotopic (exact) mass is 331 g/mol. The number of methoxy groups -OCH3 is 3. The Morgan fingerprint density at radius 2 is 1.50 bits per heavy atom. The molecule has 2 aromatic rings. The van der Waals surface area contributed by atoms with E-state index in [1.54, 1.807) is 38.5 Å². The van der Waals surface area contributed by atoms with Crippen molar-refractivity contribution in [1.29, 1.82) is 0 Å². The first-order valence-corrected chi connectivity index (χ1v) is 7.36. The molecule has 0 radical (unpaired) electrons. The van der Waals surface area contributed by atoms with Crippen molar-refractivity contribution in [3.05, 3.63) is 42.0 Å². The van der Waals surface area contributed by atoms with Gasteiger partial charge < -0.3 is 24.3 Å². The van der Waals surface area contributed by atoms with Crippen LogP contribution in [0.2, 0.25) is 0 Å². The molecular formula is C18H21NO5. The van der Waals surface area contributed by atoms with Crippen molar-refractivity contribution in [2.24, 2.45) is 0 Å². The standard InChI is InChI=1S/C18H21NO5/c1-12-5-7-15(16(9-12)22-3)24-11-18(20)19-13-6-8-14(21-2)17(10-13)23-4/h5-10H,11H2,1-4H3,(H,19,20). The Morgan fingerprint density at radius 3 is 2.17 bits per heavy atom. The molecule has 2 aromatic carbocycles. The predicted molar refractivity (Wildman–Crippen MR) is 91.4 cm³/mol. The first-order valence-electron chi connectivity index (χ1n) is 7.36. The van der Waals surface area contributed by atoms with Gasteiger partial charge in [0.25, 0.3) is 5.91 Å². The molecule has 0 bridgehead atoms. The number of rotatable bonds is 7. The fourth-order valence-electron chi connectivity index (χ4n) is 2.15. The normalized spacial score (nSPS) is 10.0. The van der Waals surface area contributed by atoms with Gasteiger partial charge in [-0.1, -0.05) is 6.07 Å². The zero-order chi connectivity index (χ0) is 17.5. The molecule has 6 nitrogen and oxygen atoms in total. The summed E-state index contributed by atoms with van der Waals surface area (Å²) in [6.07, 6.45) is 0. The maximum atomic E-state index is 12.1. The molecule has 0 spiro atoms. The topological polar surface area (TPSA) is 66.0 Å². The van der Waals surface area contributed by atoms with Crippen LogP contribution in [0.4, 0.5) is 5.69 Å². The van der Waals surface area contributed by atoms with Crippen molar-refractivity contribution in [2.45, 2.75) is 6.92 Å². The highest BCUT2D eigenvalue weighted by molar-refractivity contribution is 5.92. The number of benzene rings is 2. The molecule has 6 heteroatoms. The Morgan fingerprint density at radius 1 is 0.875 bits per heavy atom. The lowest BCUT2D eigenvalue weighted by molar-refractivity contribution is -0.118. The van der Waals surface area contributed by atoms with E-state index < -0.39 is 0 Å². The minimum absolute atomic E-state index is 0.131. The summed E-state index contributed by atoms with van der Waals surface area (Å²) in [7, 11) is 4.65. The smallest absolute Gasteiger partial charge is 0.262 e. The number of hydrogen-bond donors (Lipinski definition) is 1. The van der Waals surface area contributed by atoms with Gasteiger partial charge in [-0.2, -0.15) is 0 Å². The van der Waals surface area contributed by atoms with Gasteiger partial charge in [-0.05, 0) is 36.8 Å². The molecule has 0 aliphatic carbocycles. The molecule has 24 heavy (non-hydrogen) atoms. The van der Waals surface area contributed by atoms with Crippen molar-refractivity contribution in [3.8, 4) is 23.0 Å². The molecule has 0 aliphatic rings. The minimum atomic E-state index is -0.287. The zero-order valence-corrected chi connectivity index (χ0v) is 14.2. The van der Waals surface area contributed by atoms with Crippen molar-refractivity contribution < 1.29 is 23.7 Å². The van der Waals surface area contributed by atoms with E-state index >= 15 is 0 Å². The Hall–Kier alpha value is -2.89. The van der Waals surface area contributed by atoms with Crippen molar-refractivity contribution in [1.82, 2.24) is 0 Å². The van der Waals surface area contributed by atoms with Gasteiger partial charge in [0.15, 0.2) is 29.6 Å². The molecule has 0 fully saturated rings. The number of carbonyl (C=O) groups is 1. The van der Waals surface area contributed by atoms with Crippen LogP contribution in [0.1, 0.15) is 5.56 Å². The summed E-state index contributed by atoms with van der Waals surface area (Å²) in [5.74, 6) is 1.96. The number of hydrogen-bond acceptors (Lipinski definition) is 5.